The maximum atomic E-state index is 13.1. The van der Waals surface area contributed by atoms with E-state index in [0.717, 1.165) is 27.2 Å². The third kappa shape index (κ3) is 3.57. The van der Waals surface area contributed by atoms with Gasteiger partial charge in [0.05, 0.1) is 6.61 Å². The van der Waals surface area contributed by atoms with Crippen molar-refractivity contribution in [2.75, 3.05) is 11.5 Å². The van der Waals surface area contributed by atoms with E-state index in [2.05, 4.69) is 15.9 Å². The average Bonchev–Trinajstić information content (AvgIpc) is 3.23. The standard InChI is InChI=1S/C22H21BrN2O3S/c1-2-28-22(27)20-19(17-7-4-12-29-17)18-15(5-3-6-16(18)26)25(21(20)24)14-10-8-13(23)9-11-14/h4,7-12,19-20,24H,2-3,5-6H2,1H3. The van der Waals surface area contributed by atoms with Crippen molar-refractivity contribution in [3.8, 4) is 0 Å². The minimum Gasteiger partial charge on any atom is -0.465 e. The lowest BCUT2D eigenvalue weighted by molar-refractivity contribution is -0.146. The second-order valence-electron chi connectivity index (χ2n) is 7.06. The number of carbonyl (C=O) groups excluding carboxylic acids is 2. The Morgan fingerprint density at radius 3 is 2.69 bits per heavy atom. The Balaban J connectivity index is 1.93. The van der Waals surface area contributed by atoms with Gasteiger partial charge in [0.25, 0.3) is 0 Å². The van der Waals surface area contributed by atoms with Gasteiger partial charge < -0.3 is 9.64 Å². The zero-order valence-corrected chi connectivity index (χ0v) is 18.4. The molecule has 1 aliphatic carbocycles. The monoisotopic (exact) mass is 472 g/mol. The number of nitrogens with one attached hydrogen (secondary N) is 1. The fourth-order valence-corrected chi connectivity index (χ4v) is 5.32. The van der Waals surface area contributed by atoms with Crippen LogP contribution in [0.4, 0.5) is 5.69 Å². The SMILES string of the molecule is CCOC(=O)C1C(=N)N(c2ccc(Br)cc2)C2=C(C(=O)CCC2)C1c1cccs1. The van der Waals surface area contributed by atoms with Gasteiger partial charge in [-0.3, -0.25) is 15.0 Å². The molecule has 1 aromatic carbocycles. The summed E-state index contributed by atoms with van der Waals surface area (Å²) in [5, 5.41) is 10.9. The quantitative estimate of drug-likeness (QED) is 0.614. The number of hydrogen-bond acceptors (Lipinski definition) is 5. The number of esters is 1. The molecule has 150 valence electrons. The fraction of sp³-hybridized carbons (Fsp3) is 0.318. The first-order chi connectivity index (χ1) is 14.0. The lowest BCUT2D eigenvalue weighted by atomic mass is 9.73. The zero-order chi connectivity index (χ0) is 20.5. The van der Waals surface area contributed by atoms with Gasteiger partial charge in [0.1, 0.15) is 11.8 Å². The Kier molecular flexibility index (Phi) is 5.69. The van der Waals surface area contributed by atoms with Crippen molar-refractivity contribution in [2.45, 2.75) is 32.1 Å². The molecule has 0 amide bonds. The minimum atomic E-state index is -0.849. The number of halogens is 1. The number of allylic oxidation sites excluding steroid dienone is 2. The van der Waals surface area contributed by atoms with Gasteiger partial charge in [0.15, 0.2) is 5.78 Å². The van der Waals surface area contributed by atoms with Crippen molar-refractivity contribution in [3.05, 3.63) is 62.4 Å². The topological polar surface area (TPSA) is 70.5 Å². The molecule has 0 saturated heterocycles. The number of amidine groups is 1. The molecule has 4 rings (SSSR count). The number of nitrogens with zero attached hydrogens (tertiary/aromatic N) is 1. The fourth-order valence-electron chi connectivity index (χ4n) is 4.18. The number of Topliss-reactive ketones (excluding diaryl/α,β-unsaturated/α-hetero) is 1. The van der Waals surface area contributed by atoms with E-state index in [1.54, 1.807) is 11.8 Å². The Morgan fingerprint density at radius 1 is 1.28 bits per heavy atom. The molecular weight excluding hydrogens is 452 g/mol. The number of ether oxygens (including phenoxy) is 1. The van der Waals surface area contributed by atoms with Crippen molar-refractivity contribution in [1.29, 1.82) is 5.41 Å². The first-order valence-electron chi connectivity index (χ1n) is 9.63. The number of ketones is 1. The molecule has 2 atom stereocenters. The maximum absolute atomic E-state index is 13.1. The first kappa shape index (κ1) is 20.0. The highest BCUT2D eigenvalue weighted by Crippen LogP contribution is 2.47. The summed E-state index contributed by atoms with van der Waals surface area (Å²) in [6.45, 7) is 1.99. The van der Waals surface area contributed by atoms with Crippen LogP contribution >= 0.6 is 27.3 Å². The van der Waals surface area contributed by atoms with Crippen LogP contribution in [0.1, 0.15) is 37.0 Å². The summed E-state index contributed by atoms with van der Waals surface area (Å²) in [6, 6.07) is 11.5. The summed E-state index contributed by atoms with van der Waals surface area (Å²) in [5.41, 5.74) is 2.28. The largest absolute Gasteiger partial charge is 0.465 e. The number of hydrogen-bond donors (Lipinski definition) is 1. The lowest BCUT2D eigenvalue weighted by Gasteiger charge is -2.43. The van der Waals surface area contributed by atoms with Crippen molar-refractivity contribution in [1.82, 2.24) is 0 Å². The highest BCUT2D eigenvalue weighted by molar-refractivity contribution is 9.10. The third-order valence-corrected chi connectivity index (χ3v) is 6.84. The van der Waals surface area contributed by atoms with Gasteiger partial charge in [-0.05, 0) is 55.5 Å². The van der Waals surface area contributed by atoms with Gasteiger partial charge in [-0.1, -0.05) is 22.0 Å². The molecule has 0 radical (unpaired) electrons. The number of benzene rings is 1. The molecule has 2 heterocycles. The Hall–Kier alpha value is -2.25. The van der Waals surface area contributed by atoms with Crippen molar-refractivity contribution in [3.63, 3.8) is 0 Å². The molecule has 2 aromatic rings. The molecule has 29 heavy (non-hydrogen) atoms. The molecule has 7 heteroatoms. The lowest BCUT2D eigenvalue weighted by Crippen LogP contribution is -2.49. The van der Waals surface area contributed by atoms with E-state index in [1.807, 2.05) is 41.8 Å². The van der Waals surface area contributed by atoms with Crippen LogP contribution in [0, 0.1) is 11.3 Å². The molecule has 1 N–H and O–H groups in total. The second-order valence-corrected chi connectivity index (χ2v) is 8.95. The summed E-state index contributed by atoms with van der Waals surface area (Å²) in [6.07, 6.45) is 1.92. The van der Waals surface area contributed by atoms with Gasteiger partial charge in [0, 0.05) is 38.6 Å². The smallest absolute Gasteiger partial charge is 0.317 e. The van der Waals surface area contributed by atoms with Gasteiger partial charge in [-0.2, -0.15) is 0 Å². The Labute approximate surface area is 182 Å². The molecule has 2 unspecified atom stereocenters. The average molecular weight is 473 g/mol. The summed E-state index contributed by atoms with van der Waals surface area (Å²) in [7, 11) is 0. The van der Waals surface area contributed by atoms with Crippen LogP contribution in [0.25, 0.3) is 0 Å². The predicted molar refractivity (Wildman–Crippen MR) is 117 cm³/mol. The van der Waals surface area contributed by atoms with E-state index in [-0.39, 0.29) is 18.2 Å². The van der Waals surface area contributed by atoms with E-state index in [4.69, 9.17) is 10.1 Å². The third-order valence-electron chi connectivity index (χ3n) is 5.35. The van der Waals surface area contributed by atoms with Crippen LogP contribution in [-0.4, -0.2) is 24.2 Å². The highest BCUT2D eigenvalue weighted by Gasteiger charge is 2.48. The van der Waals surface area contributed by atoms with E-state index in [1.165, 1.54) is 11.3 Å². The number of rotatable bonds is 4. The van der Waals surface area contributed by atoms with Crippen LogP contribution in [-0.2, 0) is 14.3 Å². The van der Waals surface area contributed by atoms with Crippen molar-refractivity contribution < 1.29 is 14.3 Å². The van der Waals surface area contributed by atoms with Crippen LogP contribution in [0.2, 0.25) is 0 Å². The summed E-state index contributed by atoms with van der Waals surface area (Å²) in [5.74, 6) is -1.54. The first-order valence-corrected chi connectivity index (χ1v) is 11.3. The minimum absolute atomic E-state index is 0.0635. The molecule has 2 aliphatic rings. The number of thiophene rings is 1. The number of carbonyl (C=O) groups is 2. The van der Waals surface area contributed by atoms with E-state index in [9.17, 15) is 9.59 Å². The molecule has 5 nitrogen and oxygen atoms in total. The van der Waals surface area contributed by atoms with E-state index >= 15 is 0 Å². The summed E-state index contributed by atoms with van der Waals surface area (Å²) in [4.78, 5) is 28.8. The maximum Gasteiger partial charge on any atom is 0.317 e. The van der Waals surface area contributed by atoms with Crippen LogP contribution in [0.3, 0.4) is 0 Å². The van der Waals surface area contributed by atoms with Gasteiger partial charge in [-0.25, -0.2) is 0 Å². The van der Waals surface area contributed by atoms with E-state index in [0.29, 0.717) is 18.4 Å². The van der Waals surface area contributed by atoms with Crippen LogP contribution < -0.4 is 4.90 Å². The van der Waals surface area contributed by atoms with Gasteiger partial charge >= 0.3 is 5.97 Å². The highest BCUT2D eigenvalue weighted by atomic mass is 79.9. The molecule has 1 aliphatic heterocycles. The van der Waals surface area contributed by atoms with Gasteiger partial charge in [0.2, 0.25) is 0 Å². The molecule has 0 bridgehead atoms. The van der Waals surface area contributed by atoms with Gasteiger partial charge in [-0.15, -0.1) is 11.3 Å². The molecule has 0 spiro atoms. The molecule has 0 fully saturated rings. The predicted octanol–water partition coefficient (Wildman–Crippen LogP) is 5.28. The number of anilines is 1. The van der Waals surface area contributed by atoms with Crippen molar-refractivity contribution in [2.24, 2.45) is 5.92 Å². The second kappa shape index (κ2) is 8.24. The molecule has 1 aromatic heterocycles. The Bertz CT molecular complexity index is 982. The normalized spacial score (nSPS) is 21.9. The van der Waals surface area contributed by atoms with E-state index < -0.39 is 17.8 Å². The van der Waals surface area contributed by atoms with Crippen LogP contribution in [0.5, 0.6) is 0 Å². The molecular formula is C22H21BrN2O3S. The van der Waals surface area contributed by atoms with Crippen LogP contribution in [0.15, 0.2) is 57.5 Å². The Morgan fingerprint density at radius 2 is 2.03 bits per heavy atom. The molecule has 0 saturated carbocycles. The van der Waals surface area contributed by atoms with Crippen molar-refractivity contribution >= 4 is 50.5 Å². The zero-order valence-electron chi connectivity index (χ0n) is 16.0. The summed E-state index contributed by atoms with van der Waals surface area (Å²) >= 11 is 4.96. The summed E-state index contributed by atoms with van der Waals surface area (Å²) < 4.78 is 6.28.